The van der Waals surface area contributed by atoms with Crippen LogP contribution in [0, 0.1) is 5.92 Å². The Morgan fingerprint density at radius 3 is 2.27 bits per heavy atom. The third-order valence-electron chi connectivity index (χ3n) is 5.07. The number of ketones is 1. The largest absolute Gasteiger partial charge is 0.376 e. The lowest BCUT2D eigenvalue weighted by atomic mass is 9.90. The fourth-order valence-electron chi connectivity index (χ4n) is 3.45. The number of hydrogen-bond acceptors (Lipinski definition) is 3. The molecule has 0 radical (unpaired) electrons. The first kappa shape index (κ1) is 18.2. The first-order valence-electron chi connectivity index (χ1n) is 9.28. The zero-order valence-electron chi connectivity index (χ0n) is 15.3. The highest BCUT2D eigenvalue weighted by atomic mass is 16.2. The molecule has 0 bridgehead atoms. The van der Waals surface area contributed by atoms with Gasteiger partial charge in [-0.15, -0.1) is 0 Å². The molecule has 0 unspecified atom stereocenters. The van der Waals surface area contributed by atoms with E-state index in [1.807, 2.05) is 23.1 Å². The highest BCUT2D eigenvalue weighted by Crippen LogP contribution is 2.21. The van der Waals surface area contributed by atoms with Crippen molar-refractivity contribution in [3.05, 3.63) is 65.7 Å². The summed E-state index contributed by atoms with van der Waals surface area (Å²) < 4.78 is 0. The zero-order chi connectivity index (χ0) is 18.4. The van der Waals surface area contributed by atoms with Crippen molar-refractivity contribution in [2.45, 2.75) is 26.2 Å². The van der Waals surface area contributed by atoms with Crippen molar-refractivity contribution in [1.82, 2.24) is 4.90 Å². The van der Waals surface area contributed by atoms with Gasteiger partial charge in [-0.05, 0) is 61.9 Å². The van der Waals surface area contributed by atoms with Gasteiger partial charge in [0.25, 0.3) is 0 Å². The van der Waals surface area contributed by atoms with Crippen LogP contribution in [-0.2, 0) is 11.2 Å². The molecule has 136 valence electrons. The van der Waals surface area contributed by atoms with E-state index in [0.717, 1.165) is 38.0 Å². The van der Waals surface area contributed by atoms with Crippen LogP contribution in [0.25, 0.3) is 0 Å². The SMILES string of the molecule is CC(=O)c1ccc(NCC(=O)N2CCC(Cc3ccccc3)CC2)cc1. The van der Waals surface area contributed by atoms with Gasteiger partial charge in [0, 0.05) is 24.3 Å². The van der Waals surface area contributed by atoms with Gasteiger partial charge in [-0.3, -0.25) is 9.59 Å². The number of benzene rings is 2. The minimum atomic E-state index is 0.0472. The van der Waals surface area contributed by atoms with E-state index in [2.05, 4.69) is 29.6 Å². The number of Topliss-reactive ketones (excluding diaryl/α,β-unsaturated/α-hetero) is 1. The van der Waals surface area contributed by atoms with Crippen molar-refractivity contribution in [1.29, 1.82) is 0 Å². The molecule has 1 aliphatic rings. The lowest BCUT2D eigenvalue weighted by Crippen LogP contribution is -2.41. The quantitative estimate of drug-likeness (QED) is 0.807. The van der Waals surface area contributed by atoms with Crippen LogP contribution in [-0.4, -0.2) is 36.2 Å². The monoisotopic (exact) mass is 350 g/mol. The van der Waals surface area contributed by atoms with Crippen LogP contribution in [0.3, 0.4) is 0 Å². The van der Waals surface area contributed by atoms with Crippen molar-refractivity contribution in [3.63, 3.8) is 0 Å². The van der Waals surface area contributed by atoms with Crippen LogP contribution in [0.4, 0.5) is 5.69 Å². The van der Waals surface area contributed by atoms with Crippen molar-refractivity contribution >= 4 is 17.4 Å². The number of nitrogens with zero attached hydrogens (tertiary/aromatic N) is 1. The molecule has 0 spiro atoms. The summed E-state index contributed by atoms with van der Waals surface area (Å²) in [5.74, 6) is 0.846. The number of nitrogens with one attached hydrogen (secondary N) is 1. The van der Waals surface area contributed by atoms with E-state index in [4.69, 9.17) is 0 Å². The number of anilines is 1. The Hall–Kier alpha value is -2.62. The first-order chi connectivity index (χ1) is 12.6. The minimum absolute atomic E-state index is 0.0472. The normalized spacial score (nSPS) is 14.9. The maximum atomic E-state index is 12.4. The summed E-state index contributed by atoms with van der Waals surface area (Å²) in [4.78, 5) is 25.7. The summed E-state index contributed by atoms with van der Waals surface area (Å²) in [6, 6.07) is 17.8. The van der Waals surface area contributed by atoms with Crippen LogP contribution in [0.5, 0.6) is 0 Å². The van der Waals surface area contributed by atoms with E-state index in [1.54, 1.807) is 19.1 Å². The van der Waals surface area contributed by atoms with Crippen molar-refractivity contribution in [2.75, 3.05) is 25.0 Å². The third-order valence-corrected chi connectivity index (χ3v) is 5.07. The average molecular weight is 350 g/mol. The number of rotatable bonds is 6. The second-order valence-corrected chi connectivity index (χ2v) is 7.00. The molecule has 1 N–H and O–H groups in total. The molecule has 2 aromatic carbocycles. The molecular weight excluding hydrogens is 324 g/mol. The van der Waals surface area contributed by atoms with Crippen LogP contribution >= 0.6 is 0 Å². The summed E-state index contributed by atoms with van der Waals surface area (Å²) in [5, 5.41) is 3.16. The Labute approximate surface area is 155 Å². The van der Waals surface area contributed by atoms with Crippen molar-refractivity contribution < 1.29 is 9.59 Å². The summed E-state index contributed by atoms with van der Waals surface area (Å²) >= 11 is 0. The highest BCUT2D eigenvalue weighted by molar-refractivity contribution is 5.94. The fourth-order valence-corrected chi connectivity index (χ4v) is 3.45. The topological polar surface area (TPSA) is 49.4 Å². The van der Waals surface area contributed by atoms with E-state index in [1.165, 1.54) is 5.56 Å². The summed E-state index contributed by atoms with van der Waals surface area (Å²) in [7, 11) is 0. The predicted octanol–water partition coefficient (Wildman–Crippen LogP) is 3.78. The van der Waals surface area contributed by atoms with Gasteiger partial charge in [-0.2, -0.15) is 0 Å². The van der Waals surface area contributed by atoms with Gasteiger partial charge in [0.15, 0.2) is 5.78 Å². The lowest BCUT2D eigenvalue weighted by molar-refractivity contribution is -0.130. The van der Waals surface area contributed by atoms with Gasteiger partial charge in [0.05, 0.1) is 6.54 Å². The molecule has 1 fully saturated rings. The van der Waals surface area contributed by atoms with Crippen molar-refractivity contribution in [3.8, 4) is 0 Å². The highest BCUT2D eigenvalue weighted by Gasteiger charge is 2.22. The van der Waals surface area contributed by atoms with Gasteiger partial charge < -0.3 is 10.2 Å². The lowest BCUT2D eigenvalue weighted by Gasteiger charge is -2.32. The van der Waals surface area contributed by atoms with Crippen LogP contribution in [0.15, 0.2) is 54.6 Å². The second-order valence-electron chi connectivity index (χ2n) is 7.00. The molecule has 1 heterocycles. The number of carbonyl (C=O) groups excluding carboxylic acids is 2. The van der Waals surface area contributed by atoms with Crippen molar-refractivity contribution in [2.24, 2.45) is 5.92 Å². The van der Waals surface area contributed by atoms with Gasteiger partial charge in [0.1, 0.15) is 0 Å². The number of hydrogen-bond donors (Lipinski definition) is 1. The molecule has 0 aromatic heterocycles. The number of piperidine rings is 1. The van der Waals surface area contributed by atoms with E-state index in [0.29, 0.717) is 18.0 Å². The maximum absolute atomic E-state index is 12.4. The molecule has 1 aliphatic heterocycles. The maximum Gasteiger partial charge on any atom is 0.241 e. The number of likely N-dealkylation sites (tertiary alicyclic amines) is 1. The standard InChI is InChI=1S/C22H26N2O2/c1-17(25)20-7-9-21(10-8-20)23-16-22(26)24-13-11-19(12-14-24)15-18-5-3-2-4-6-18/h2-10,19,23H,11-16H2,1H3. The third kappa shape index (κ3) is 4.94. The van der Waals surface area contributed by atoms with Gasteiger partial charge in [-0.1, -0.05) is 30.3 Å². The Bertz CT molecular complexity index is 732. The average Bonchev–Trinajstić information content (AvgIpc) is 2.68. The fraction of sp³-hybridized carbons (Fsp3) is 0.364. The molecular formula is C22H26N2O2. The molecule has 0 saturated carbocycles. The number of carbonyl (C=O) groups is 2. The zero-order valence-corrected chi connectivity index (χ0v) is 15.3. The van der Waals surface area contributed by atoms with Crippen LogP contribution in [0.1, 0.15) is 35.7 Å². The smallest absolute Gasteiger partial charge is 0.241 e. The Morgan fingerprint density at radius 2 is 1.65 bits per heavy atom. The molecule has 26 heavy (non-hydrogen) atoms. The van der Waals surface area contributed by atoms with Crippen LogP contribution < -0.4 is 5.32 Å². The summed E-state index contributed by atoms with van der Waals surface area (Å²) in [6.45, 7) is 3.51. The molecule has 4 nitrogen and oxygen atoms in total. The van der Waals surface area contributed by atoms with Gasteiger partial charge in [-0.25, -0.2) is 0 Å². The second kappa shape index (κ2) is 8.65. The van der Waals surface area contributed by atoms with Gasteiger partial charge in [0.2, 0.25) is 5.91 Å². The Kier molecular flexibility index (Phi) is 6.05. The molecule has 0 atom stereocenters. The predicted molar refractivity (Wildman–Crippen MR) is 104 cm³/mol. The number of amides is 1. The molecule has 1 amide bonds. The molecule has 3 rings (SSSR count). The van der Waals surface area contributed by atoms with E-state index < -0.39 is 0 Å². The summed E-state index contributed by atoms with van der Waals surface area (Å²) in [5.41, 5.74) is 2.93. The van der Waals surface area contributed by atoms with E-state index in [-0.39, 0.29) is 11.7 Å². The first-order valence-corrected chi connectivity index (χ1v) is 9.28. The Morgan fingerprint density at radius 1 is 1.00 bits per heavy atom. The molecule has 4 heteroatoms. The molecule has 1 saturated heterocycles. The molecule has 0 aliphatic carbocycles. The Balaban J connectivity index is 1.42. The van der Waals surface area contributed by atoms with E-state index >= 15 is 0 Å². The minimum Gasteiger partial charge on any atom is -0.376 e. The van der Waals surface area contributed by atoms with E-state index in [9.17, 15) is 9.59 Å². The molecule has 2 aromatic rings. The summed E-state index contributed by atoms with van der Waals surface area (Å²) in [6.07, 6.45) is 3.23. The van der Waals surface area contributed by atoms with Crippen LogP contribution in [0.2, 0.25) is 0 Å². The van der Waals surface area contributed by atoms with Gasteiger partial charge >= 0.3 is 0 Å².